The van der Waals surface area contributed by atoms with E-state index in [1.807, 2.05) is 42.6 Å². The fourth-order valence-corrected chi connectivity index (χ4v) is 9.33. The number of anilines is 1. The number of nitrogens with two attached hydrogens (primary N) is 1. The lowest BCUT2D eigenvalue weighted by molar-refractivity contribution is -0.117. The Kier molecular flexibility index (Phi) is 6.79. The van der Waals surface area contributed by atoms with E-state index in [0.29, 0.717) is 47.3 Å². The van der Waals surface area contributed by atoms with E-state index in [0.717, 1.165) is 36.1 Å². The summed E-state index contributed by atoms with van der Waals surface area (Å²) < 4.78 is 7.07. The lowest BCUT2D eigenvalue weighted by atomic mass is 9.46. The van der Waals surface area contributed by atoms with Crippen molar-refractivity contribution in [3.05, 3.63) is 53.7 Å². The van der Waals surface area contributed by atoms with Crippen LogP contribution in [0.1, 0.15) is 89.4 Å². The van der Waals surface area contributed by atoms with E-state index < -0.39 is 5.97 Å². The second-order valence-corrected chi connectivity index (χ2v) is 13.1. The molecular formula is C34H43N3O3. The summed E-state index contributed by atoms with van der Waals surface area (Å²) in [6.45, 7) is 9.19. The highest BCUT2D eigenvalue weighted by atomic mass is 16.5. The maximum Gasteiger partial charge on any atom is 0.342 e. The van der Waals surface area contributed by atoms with Gasteiger partial charge in [-0.1, -0.05) is 49.8 Å². The van der Waals surface area contributed by atoms with Crippen molar-refractivity contribution >= 4 is 23.3 Å². The van der Waals surface area contributed by atoms with E-state index in [9.17, 15) is 9.59 Å². The molecule has 6 rings (SSSR count). The molecule has 0 aliphatic heterocycles. The number of fused-ring (bicyclic) bond motifs is 5. The van der Waals surface area contributed by atoms with Crippen molar-refractivity contribution in [3.8, 4) is 11.1 Å². The summed E-state index contributed by atoms with van der Waals surface area (Å²) >= 11 is 0. The summed E-state index contributed by atoms with van der Waals surface area (Å²) in [5.41, 5.74) is 11.5. The Hall–Kier alpha value is -3.15. The van der Waals surface area contributed by atoms with Gasteiger partial charge in [-0.25, -0.2) is 9.47 Å². The van der Waals surface area contributed by atoms with Crippen molar-refractivity contribution in [3.63, 3.8) is 0 Å². The topological polar surface area (TPSA) is 86.7 Å². The van der Waals surface area contributed by atoms with Gasteiger partial charge in [0.2, 0.25) is 0 Å². The molecule has 0 saturated heterocycles. The third kappa shape index (κ3) is 4.17. The average Bonchev–Trinajstić information content (AvgIpc) is 3.46. The molecule has 0 spiro atoms. The van der Waals surface area contributed by atoms with Crippen LogP contribution in [0.5, 0.6) is 0 Å². The lowest BCUT2D eigenvalue weighted by Crippen LogP contribution is -2.51. The monoisotopic (exact) mass is 541 g/mol. The zero-order chi connectivity index (χ0) is 28.2. The minimum Gasteiger partial charge on any atom is -0.462 e. The van der Waals surface area contributed by atoms with E-state index in [2.05, 4.69) is 20.8 Å². The molecule has 2 aromatic rings. The fraction of sp³-hybridized carbons (Fsp3) is 0.559. The summed E-state index contributed by atoms with van der Waals surface area (Å²) in [6, 6.07) is 9.83. The summed E-state index contributed by atoms with van der Waals surface area (Å²) in [7, 11) is 0. The first kappa shape index (κ1) is 27.0. The van der Waals surface area contributed by atoms with Gasteiger partial charge in [-0.3, -0.25) is 4.79 Å². The zero-order valence-corrected chi connectivity index (χ0v) is 24.4. The van der Waals surface area contributed by atoms with Crippen molar-refractivity contribution in [2.45, 2.75) is 79.1 Å². The lowest BCUT2D eigenvalue weighted by Gasteiger charge is -2.58. The van der Waals surface area contributed by atoms with Gasteiger partial charge in [0.1, 0.15) is 11.4 Å². The number of ether oxygens (including phenoxy) is 1. The molecule has 6 atom stereocenters. The van der Waals surface area contributed by atoms with Gasteiger partial charge < -0.3 is 10.5 Å². The van der Waals surface area contributed by atoms with Gasteiger partial charge >= 0.3 is 5.97 Å². The van der Waals surface area contributed by atoms with Crippen molar-refractivity contribution in [1.82, 2.24) is 4.68 Å². The van der Waals surface area contributed by atoms with Crippen LogP contribution in [-0.4, -0.2) is 28.7 Å². The minimum absolute atomic E-state index is 0.191. The number of ketones is 1. The van der Waals surface area contributed by atoms with Crippen LogP contribution in [0.2, 0.25) is 0 Å². The van der Waals surface area contributed by atoms with Crippen molar-refractivity contribution in [1.29, 1.82) is 0 Å². The van der Waals surface area contributed by atoms with Crippen molar-refractivity contribution in [2.24, 2.45) is 39.6 Å². The van der Waals surface area contributed by atoms with Crippen molar-refractivity contribution in [2.75, 3.05) is 12.3 Å². The molecule has 0 amide bonds. The van der Waals surface area contributed by atoms with Gasteiger partial charge in [0.25, 0.3) is 0 Å². The van der Waals surface area contributed by atoms with Crippen molar-refractivity contribution < 1.29 is 14.3 Å². The summed E-state index contributed by atoms with van der Waals surface area (Å²) in [5, 5.41) is 5.07. The first-order valence-electron chi connectivity index (χ1n) is 15.2. The standard InChI is InChI=1S/C34H43N3O3/c1-5-40-32(39)30-26(22-9-7-6-8-10-22)20-37(31(30)35)36-21(2)27-13-14-28-25-12-11-23-19-24(38)15-17-33(23,3)29(25)16-18-34(27,28)4/h6-10,19-20,25,27-29H,5,11-18,35H2,1-4H3/b36-21-/t25?,27-,28?,29?,33+,34-/m1/s1. The Morgan fingerprint density at radius 1 is 1.07 bits per heavy atom. The highest BCUT2D eigenvalue weighted by Gasteiger charge is 2.59. The largest absolute Gasteiger partial charge is 0.462 e. The molecule has 212 valence electrons. The van der Waals surface area contributed by atoms with Gasteiger partial charge in [0.15, 0.2) is 5.78 Å². The van der Waals surface area contributed by atoms with Crippen LogP contribution in [-0.2, 0) is 9.53 Å². The Bertz CT molecular complexity index is 1390. The molecular weight excluding hydrogens is 498 g/mol. The summed E-state index contributed by atoms with van der Waals surface area (Å²) in [5.74, 6) is 2.68. The zero-order valence-electron chi connectivity index (χ0n) is 24.4. The normalized spacial score (nSPS) is 33.5. The maximum atomic E-state index is 12.9. The highest BCUT2D eigenvalue weighted by molar-refractivity contribution is 6.02. The van der Waals surface area contributed by atoms with Gasteiger partial charge in [0, 0.05) is 29.8 Å². The number of esters is 1. The SMILES string of the molecule is CCOC(=O)c1c(-c2ccccc2)cn(/N=C(/C)[C@H]2CCC3C4CCC5=CC(=O)CC[C@]5(C)C4CC[C@@]32C)c1N. The van der Waals surface area contributed by atoms with E-state index in [1.54, 1.807) is 11.6 Å². The molecule has 6 nitrogen and oxygen atoms in total. The number of rotatable bonds is 5. The molecule has 1 aromatic heterocycles. The number of nitrogen functional groups attached to an aromatic ring is 1. The van der Waals surface area contributed by atoms with Crippen LogP contribution < -0.4 is 5.73 Å². The van der Waals surface area contributed by atoms with E-state index in [1.165, 1.54) is 31.3 Å². The Labute approximate surface area is 238 Å². The summed E-state index contributed by atoms with van der Waals surface area (Å²) in [4.78, 5) is 25.1. The van der Waals surface area contributed by atoms with Gasteiger partial charge in [0.05, 0.1) is 6.61 Å². The molecule has 3 saturated carbocycles. The fourth-order valence-electron chi connectivity index (χ4n) is 9.33. The molecule has 3 unspecified atom stereocenters. The molecule has 3 fully saturated rings. The second kappa shape index (κ2) is 10.0. The Morgan fingerprint density at radius 3 is 2.60 bits per heavy atom. The van der Waals surface area contributed by atoms with Crippen LogP contribution in [0, 0.1) is 34.5 Å². The van der Waals surface area contributed by atoms with Crippen LogP contribution in [0.25, 0.3) is 11.1 Å². The Balaban J connectivity index is 1.30. The molecule has 1 heterocycles. The molecule has 0 radical (unpaired) electrons. The van der Waals surface area contributed by atoms with Gasteiger partial charge in [-0.2, -0.15) is 5.10 Å². The number of carbonyl (C=O) groups is 2. The number of aromatic nitrogens is 1. The molecule has 0 bridgehead atoms. The predicted octanol–water partition coefficient (Wildman–Crippen LogP) is 7.29. The maximum absolute atomic E-state index is 12.9. The highest BCUT2D eigenvalue weighted by Crippen LogP contribution is 2.66. The van der Waals surface area contributed by atoms with Crippen LogP contribution in [0.3, 0.4) is 0 Å². The smallest absolute Gasteiger partial charge is 0.342 e. The Morgan fingerprint density at radius 2 is 1.85 bits per heavy atom. The number of nitrogens with zero attached hydrogens (tertiary/aromatic N) is 2. The number of benzene rings is 1. The average molecular weight is 542 g/mol. The molecule has 6 heteroatoms. The van der Waals surface area contributed by atoms with Crippen LogP contribution in [0.15, 0.2) is 53.3 Å². The van der Waals surface area contributed by atoms with E-state index in [-0.39, 0.29) is 17.4 Å². The number of allylic oxidation sites excluding steroid dienone is 1. The molecule has 4 aliphatic carbocycles. The first-order valence-corrected chi connectivity index (χ1v) is 15.2. The minimum atomic E-state index is -0.416. The quantitative estimate of drug-likeness (QED) is 0.318. The third-order valence-electron chi connectivity index (χ3n) is 11.3. The number of hydrogen-bond donors (Lipinski definition) is 1. The van der Waals surface area contributed by atoms with E-state index >= 15 is 0 Å². The van der Waals surface area contributed by atoms with Crippen LogP contribution >= 0.6 is 0 Å². The number of carbonyl (C=O) groups excluding carboxylic acids is 2. The third-order valence-corrected chi connectivity index (χ3v) is 11.3. The molecule has 40 heavy (non-hydrogen) atoms. The van der Waals surface area contributed by atoms with Gasteiger partial charge in [-0.05, 0) is 99.0 Å². The summed E-state index contributed by atoms with van der Waals surface area (Å²) in [6.07, 6.45) is 12.7. The first-order chi connectivity index (χ1) is 19.2. The van der Waals surface area contributed by atoms with E-state index in [4.69, 9.17) is 15.6 Å². The second-order valence-electron chi connectivity index (χ2n) is 13.1. The molecule has 4 aliphatic rings. The number of hydrogen-bond acceptors (Lipinski definition) is 5. The van der Waals surface area contributed by atoms with Crippen LogP contribution in [0.4, 0.5) is 5.82 Å². The van der Waals surface area contributed by atoms with Gasteiger partial charge in [-0.15, -0.1) is 0 Å². The predicted molar refractivity (Wildman–Crippen MR) is 159 cm³/mol. The molecule has 2 N–H and O–H groups in total. The molecule has 1 aromatic carbocycles.